The summed E-state index contributed by atoms with van der Waals surface area (Å²) < 4.78 is 0. The fourth-order valence-corrected chi connectivity index (χ4v) is 2.34. The number of nitrogens with zero attached hydrogens (tertiary/aromatic N) is 2. The SMILES string of the molecule is O=[N+]([O-])c1ccc(Sc2ccc(N=C=S)cc2)cc1. The van der Waals surface area contributed by atoms with Gasteiger partial charge in [0.15, 0.2) is 0 Å². The first kappa shape index (κ1) is 13.4. The lowest BCUT2D eigenvalue weighted by molar-refractivity contribution is -0.384. The monoisotopic (exact) mass is 288 g/mol. The number of thiocarbonyl (C=S) groups is 1. The molecule has 0 radical (unpaired) electrons. The third kappa shape index (κ3) is 3.72. The van der Waals surface area contributed by atoms with Crippen LogP contribution >= 0.6 is 24.0 Å². The molecule has 0 saturated carbocycles. The number of isothiocyanates is 1. The van der Waals surface area contributed by atoms with Crippen LogP contribution in [0, 0.1) is 10.1 Å². The topological polar surface area (TPSA) is 55.5 Å². The van der Waals surface area contributed by atoms with E-state index in [1.54, 1.807) is 12.1 Å². The maximum absolute atomic E-state index is 10.5. The molecule has 2 rings (SSSR count). The summed E-state index contributed by atoms with van der Waals surface area (Å²) in [5, 5.41) is 12.9. The molecule has 0 saturated heterocycles. The Morgan fingerprint density at radius 3 is 2.05 bits per heavy atom. The van der Waals surface area contributed by atoms with E-state index in [1.807, 2.05) is 24.3 Å². The molecule has 2 aromatic rings. The standard InChI is InChI=1S/C13H8N2O2S2/c16-15(17)11-3-7-13(8-4-11)19-12-5-1-10(2-6-12)14-9-18/h1-8H. The predicted octanol–water partition coefficient (Wildman–Crippen LogP) is 4.48. The van der Waals surface area contributed by atoms with Crippen molar-refractivity contribution in [3.8, 4) is 0 Å². The van der Waals surface area contributed by atoms with Crippen molar-refractivity contribution in [3.05, 3.63) is 58.6 Å². The van der Waals surface area contributed by atoms with Crippen molar-refractivity contribution in [3.63, 3.8) is 0 Å². The van der Waals surface area contributed by atoms with Gasteiger partial charge >= 0.3 is 0 Å². The summed E-state index contributed by atoms with van der Waals surface area (Å²) >= 11 is 6.05. The first-order valence-electron chi connectivity index (χ1n) is 5.29. The van der Waals surface area contributed by atoms with Crippen LogP contribution in [0.3, 0.4) is 0 Å². The van der Waals surface area contributed by atoms with Gasteiger partial charge in [-0.05, 0) is 48.6 Å². The van der Waals surface area contributed by atoms with Crippen LogP contribution in [0.15, 0.2) is 63.3 Å². The zero-order valence-corrected chi connectivity index (χ0v) is 11.3. The Kier molecular flexibility index (Phi) is 4.41. The van der Waals surface area contributed by atoms with Crippen molar-refractivity contribution in [1.82, 2.24) is 0 Å². The van der Waals surface area contributed by atoms with Gasteiger partial charge in [0.2, 0.25) is 0 Å². The summed E-state index contributed by atoms with van der Waals surface area (Å²) in [6, 6.07) is 14.0. The lowest BCUT2D eigenvalue weighted by atomic mass is 10.3. The number of benzene rings is 2. The van der Waals surface area contributed by atoms with Gasteiger partial charge in [-0.3, -0.25) is 10.1 Å². The summed E-state index contributed by atoms with van der Waals surface area (Å²) in [4.78, 5) is 16.0. The fourth-order valence-electron chi connectivity index (χ4n) is 1.41. The largest absolute Gasteiger partial charge is 0.269 e. The highest BCUT2D eigenvalue weighted by Crippen LogP contribution is 2.30. The van der Waals surface area contributed by atoms with Crippen LogP contribution in [0.1, 0.15) is 0 Å². The highest BCUT2D eigenvalue weighted by atomic mass is 32.2. The maximum atomic E-state index is 10.5. The number of rotatable bonds is 4. The van der Waals surface area contributed by atoms with Gasteiger partial charge in [0.1, 0.15) is 0 Å². The maximum Gasteiger partial charge on any atom is 0.269 e. The number of hydrogen-bond acceptors (Lipinski definition) is 5. The lowest BCUT2D eigenvalue weighted by Crippen LogP contribution is -1.86. The van der Waals surface area contributed by atoms with Crippen molar-refractivity contribution < 1.29 is 4.92 Å². The van der Waals surface area contributed by atoms with Gasteiger partial charge in [0, 0.05) is 21.9 Å². The number of aliphatic imine (C=N–C) groups is 1. The van der Waals surface area contributed by atoms with E-state index in [0.717, 1.165) is 15.5 Å². The smallest absolute Gasteiger partial charge is 0.258 e. The molecule has 4 nitrogen and oxygen atoms in total. The number of nitro benzene ring substituents is 1. The second-order valence-electron chi connectivity index (χ2n) is 3.55. The van der Waals surface area contributed by atoms with Crippen LogP contribution in [0.2, 0.25) is 0 Å². The van der Waals surface area contributed by atoms with E-state index in [2.05, 4.69) is 22.4 Å². The average Bonchev–Trinajstić information content (AvgIpc) is 2.42. The molecule has 0 spiro atoms. The molecule has 0 aliphatic rings. The van der Waals surface area contributed by atoms with Gasteiger partial charge in [-0.1, -0.05) is 11.8 Å². The van der Waals surface area contributed by atoms with E-state index in [9.17, 15) is 10.1 Å². The van der Waals surface area contributed by atoms with Gasteiger partial charge in [0.05, 0.1) is 15.8 Å². The van der Waals surface area contributed by atoms with Crippen LogP contribution in [0.5, 0.6) is 0 Å². The first-order valence-corrected chi connectivity index (χ1v) is 6.52. The zero-order chi connectivity index (χ0) is 13.7. The molecule has 0 atom stereocenters. The molecule has 0 aliphatic heterocycles. The quantitative estimate of drug-likeness (QED) is 0.360. The molecule has 0 heterocycles. The van der Waals surface area contributed by atoms with Gasteiger partial charge in [-0.15, -0.1) is 0 Å². The number of non-ortho nitro benzene ring substituents is 1. The van der Waals surface area contributed by atoms with Crippen molar-refractivity contribution >= 4 is 40.5 Å². The number of hydrogen-bond donors (Lipinski definition) is 0. The zero-order valence-electron chi connectivity index (χ0n) is 9.65. The molecule has 6 heteroatoms. The van der Waals surface area contributed by atoms with Crippen LogP contribution in [0.25, 0.3) is 0 Å². The van der Waals surface area contributed by atoms with E-state index < -0.39 is 4.92 Å². The summed E-state index contributed by atoms with van der Waals surface area (Å²) in [5.41, 5.74) is 0.845. The molecule has 2 aromatic carbocycles. The van der Waals surface area contributed by atoms with Crippen LogP contribution in [0.4, 0.5) is 11.4 Å². The average molecular weight is 288 g/mol. The fraction of sp³-hybridized carbons (Fsp3) is 0. The minimum absolute atomic E-state index is 0.0926. The minimum atomic E-state index is -0.410. The van der Waals surface area contributed by atoms with E-state index in [4.69, 9.17) is 0 Å². The Morgan fingerprint density at radius 1 is 1.05 bits per heavy atom. The first-order chi connectivity index (χ1) is 9.19. The Hall–Kier alpha value is -2.01. The van der Waals surface area contributed by atoms with E-state index in [-0.39, 0.29) is 5.69 Å². The van der Waals surface area contributed by atoms with E-state index >= 15 is 0 Å². The molecule has 0 unspecified atom stereocenters. The molecular formula is C13H8N2O2S2. The van der Waals surface area contributed by atoms with Crippen molar-refractivity contribution in [2.45, 2.75) is 9.79 Å². The van der Waals surface area contributed by atoms with E-state index in [1.165, 1.54) is 23.9 Å². The lowest BCUT2D eigenvalue weighted by Gasteiger charge is -2.01. The molecule has 19 heavy (non-hydrogen) atoms. The third-order valence-electron chi connectivity index (χ3n) is 2.29. The summed E-state index contributed by atoms with van der Waals surface area (Å²) in [7, 11) is 0. The Balaban J connectivity index is 2.12. The summed E-state index contributed by atoms with van der Waals surface area (Å²) in [6.07, 6.45) is 0. The predicted molar refractivity (Wildman–Crippen MR) is 78.3 cm³/mol. The summed E-state index contributed by atoms with van der Waals surface area (Å²) in [5.74, 6) is 0. The molecule has 0 aromatic heterocycles. The van der Waals surface area contributed by atoms with Crippen molar-refractivity contribution in [1.29, 1.82) is 0 Å². The molecule has 0 aliphatic carbocycles. The van der Waals surface area contributed by atoms with Crippen LogP contribution in [-0.2, 0) is 0 Å². The van der Waals surface area contributed by atoms with Crippen molar-refractivity contribution in [2.24, 2.45) is 4.99 Å². The summed E-state index contributed by atoms with van der Waals surface area (Å²) in [6.45, 7) is 0. The van der Waals surface area contributed by atoms with Gasteiger partial charge in [-0.2, -0.15) is 4.99 Å². The minimum Gasteiger partial charge on any atom is -0.258 e. The molecule has 0 N–H and O–H groups in total. The Labute approximate surface area is 119 Å². The Morgan fingerprint density at radius 2 is 1.58 bits per heavy atom. The normalized spacial score (nSPS) is 9.68. The second kappa shape index (κ2) is 6.24. The van der Waals surface area contributed by atoms with Crippen LogP contribution in [-0.4, -0.2) is 10.1 Å². The molecular weight excluding hydrogens is 280 g/mol. The molecule has 94 valence electrons. The highest BCUT2D eigenvalue weighted by Gasteiger charge is 2.04. The van der Waals surface area contributed by atoms with Gasteiger partial charge in [0.25, 0.3) is 5.69 Å². The van der Waals surface area contributed by atoms with Gasteiger partial charge < -0.3 is 0 Å². The highest BCUT2D eigenvalue weighted by molar-refractivity contribution is 7.99. The molecule has 0 fully saturated rings. The van der Waals surface area contributed by atoms with Crippen LogP contribution < -0.4 is 0 Å². The second-order valence-corrected chi connectivity index (χ2v) is 4.88. The van der Waals surface area contributed by atoms with Crippen molar-refractivity contribution in [2.75, 3.05) is 0 Å². The number of nitro groups is 1. The Bertz CT molecular complexity index is 589. The van der Waals surface area contributed by atoms with Gasteiger partial charge in [-0.25, -0.2) is 0 Å². The molecule has 0 bridgehead atoms. The third-order valence-corrected chi connectivity index (χ3v) is 3.40. The molecule has 0 amide bonds. The van der Waals surface area contributed by atoms with E-state index in [0.29, 0.717) is 0 Å².